The third-order valence-electron chi connectivity index (χ3n) is 2.91. The molecular weight excluding hydrogens is 320 g/mol. The molecule has 0 atom stereocenters. The average Bonchev–Trinajstić information content (AvgIpc) is 2.85. The van der Waals surface area contributed by atoms with Gasteiger partial charge < -0.3 is 5.11 Å². The molecule has 3 nitrogen and oxygen atoms in total. The van der Waals surface area contributed by atoms with Crippen LogP contribution in [0.5, 0.6) is 0 Å². The number of rotatable bonds is 2. The summed E-state index contributed by atoms with van der Waals surface area (Å²) in [4.78, 5) is 16.2. The Morgan fingerprint density at radius 2 is 1.90 bits per heavy atom. The maximum Gasteiger partial charge on any atom is 0.336 e. The number of halogens is 3. The standard InChI is InChI=1S/C14H6ClF2NO2S/c15-13-2-1-12(21-13)11-4-7(14(19)20)6-3-8(16)9(17)5-10(6)18-11/h1-5H,(H,19,20). The molecular formula is C14H6ClF2NO2S. The Morgan fingerprint density at radius 1 is 1.19 bits per heavy atom. The smallest absolute Gasteiger partial charge is 0.336 e. The van der Waals surface area contributed by atoms with E-state index >= 15 is 0 Å². The molecule has 7 heteroatoms. The fraction of sp³-hybridized carbons (Fsp3) is 0. The number of carboxylic acids is 1. The highest BCUT2D eigenvalue weighted by molar-refractivity contribution is 7.19. The molecule has 21 heavy (non-hydrogen) atoms. The molecule has 2 aromatic heterocycles. The minimum Gasteiger partial charge on any atom is -0.478 e. The van der Waals surface area contributed by atoms with Crippen LogP contribution in [0.4, 0.5) is 8.78 Å². The van der Waals surface area contributed by atoms with Crippen molar-refractivity contribution in [3.8, 4) is 10.6 Å². The molecule has 0 spiro atoms. The van der Waals surface area contributed by atoms with Crippen molar-refractivity contribution >= 4 is 39.8 Å². The largest absolute Gasteiger partial charge is 0.478 e. The Labute approximate surface area is 126 Å². The number of nitrogens with zero attached hydrogens (tertiary/aromatic N) is 1. The van der Waals surface area contributed by atoms with Crippen molar-refractivity contribution in [2.24, 2.45) is 0 Å². The van der Waals surface area contributed by atoms with Crippen LogP contribution in [0.1, 0.15) is 10.4 Å². The Bertz CT molecular complexity index is 879. The van der Waals surface area contributed by atoms with E-state index in [9.17, 15) is 18.7 Å². The summed E-state index contributed by atoms with van der Waals surface area (Å²) < 4.78 is 27.2. The van der Waals surface area contributed by atoms with Crippen LogP contribution in [0.25, 0.3) is 21.5 Å². The van der Waals surface area contributed by atoms with Crippen LogP contribution in [0.2, 0.25) is 4.34 Å². The van der Waals surface area contributed by atoms with Crippen molar-refractivity contribution in [3.05, 3.63) is 51.9 Å². The molecule has 1 N–H and O–H groups in total. The number of carboxylic acid groups (broad SMARTS) is 1. The average molecular weight is 326 g/mol. The Morgan fingerprint density at radius 3 is 2.52 bits per heavy atom. The lowest BCUT2D eigenvalue weighted by atomic mass is 10.1. The SMILES string of the molecule is O=C(O)c1cc(-c2ccc(Cl)s2)nc2cc(F)c(F)cc12. The lowest BCUT2D eigenvalue weighted by Gasteiger charge is -2.06. The van der Waals surface area contributed by atoms with E-state index in [0.717, 1.165) is 12.1 Å². The molecule has 0 aliphatic carbocycles. The second-order valence-electron chi connectivity index (χ2n) is 4.25. The first-order valence-corrected chi connectivity index (χ1v) is 6.94. The van der Waals surface area contributed by atoms with Gasteiger partial charge >= 0.3 is 5.97 Å². The maximum atomic E-state index is 13.3. The second kappa shape index (κ2) is 5.05. The first-order chi connectivity index (χ1) is 9.95. The van der Waals surface area contributed by atoms with Crippen LogP contribution >= 0.6 is 22.9 Å². The van der Waals surface area contributed by atoms with Gasteiger partial charge in [0.1, 0.15) is 0 Å². The van der Waals surface area contributed by atoms with Crippen LogP contribution in [-0.4, -0.2) is 16.1 Å². The molecule has 3 rings (SSSR count). The summed E-state index contributed by atoms with van der Waals surface area (Å²) in [6.45, 7) is 0. The molecule has 0 amide bonds. The number of aromatic nitrogens is 1. The first-order valence-electron chi connectivity index (χ1n) is 5.74. The van der Waals surface area contributed by atoms with E-state index in [0.29, 0.717) is 14.9 Å². The summed E-state index contributed by atoms with van der Waals surface area (Å²) >= 11 is 7.06. The van der Waals surface area contributed by atoms with Gasteiger partial charge in [-0.05, 0) is 24.3 Å². The van der Waals surface area contributed by atoms with Gasteiger partial charge in [-0.25, -0.2) is 18.6 Å². The fourth-order valence-corrected chi connectivity index (χ4v) is 2.98. The minimum absolute atomic E-state index is 0.0489. The highest BCUT2D eigenvalue weighted by Crippen LogP contribution is 2.32. The molecule has 106 valence electrons. The van der Waals surface area contributed by atoms with E-state index in [2.05, 4.69) is 4.98 Å². The summed E-state index contributed by atoms with van der Waals surface area (Å²) in [5.74, 6) is -3.43. The van der Waals surface area contributed by atoms with Gasteiger partial charge in [-0.15, -0.1) is 11.3 Å². The molecule has 0 fully saturated rings. The molecule has 2 heterocycles. The number of fused-ring (bicyclic) bond motifs is 1. The van der Waals surface area contributed by atoms with E-state index in [1.165, 1.54) is 17.4 Å². The lowest BCUT2D eigenvalue weighted by molar-refractivity contribution is 0.0699. The highest BCUT2D eigenvalue weighted by atomic mass is 35.5. The zero-order valence-electron chi connectivity index (χ0n) is 10.2. The predicted octanol–water partition coefficient (Wildman–Crippen LogP) is 4.59. The number of thiophene rings is 1. The van der Waals surface area contributed by atoms with Crippen molar-refractivity contribution < 1.29 is 18.7 Å². The van der Waals surface area contributed by atoms with E-state index in [1.54, 1.807) is 12.1 Å². The molecule has 0 saturated heterocycles. The molecule has 0 unspecified atom stereocenters. The Hall–Kier alpha value is -2.05. The molecule has 0 aliphatic heterocycles. The van der Waals surface area contributed by atoms with Gasteiger partial charge in [0.05, 0.1) is 26.0 Å². The zero-order valence-corrected chi connectivity index (χ0v) is 11.8. The van der Waals surface area contributed by atoms with Crippen molar-refractivity contribution in [1.82, 2.24) is 4.98 Å². The number of hydrogen-bond donors (Lipinski definition) is 1. The first kappa shape index (κ1) is 13.9. The van der Waals surface area contributed by atoms with Gasteiger partial charge in [0, 0.05) is 11.5 Å². The van der Waals surface area contributed by atoms with Crippen LogP contribution in [0.3, 0.4) is 0 Å². The molecule has 1 aromatic carbocycles. The van der Waals surface area contributed by atoms with Crippen molar-refractivity contribution in [1.29, 1.82) is 0 Å². The quantitative estimate of drug-likeness (QED) is 0.749. The summed E-state index contributed by atoms with van der Waals surface area (Å²) in [5, 5.41) is 9.30. The second-order valence-corrected chi connectivity index (χ2v) is 5.96. The van der Waals surface area contributed by atoms with Gasteiger partial charge in [0.25, 0.3) is 0 Å². The van der Waals surface area contributed by atoms with Gasteiger partial charge in [-0.3, -0.25) is 0 Å². The molecule has 0 saturated carbocycles. The minimum atomic E-state index is -1.24. The van der Waals surface area contributed by atoms with Crippen molar-refractivity contribution in [3.63, 3.8) is 0 Å². The van der Waals surface area contributed by atoms with Crippen LogP contribution in [0, 0.1) is 11.6 Å². The van der Waals surface area contributed by atoms with Gasteiger partial charge in [0.15, 0.2) is 11.6 Å². The summed E-state index contributed by atoms with van der Waals surface area (Å²) in [6, 6.07) is 6.39. The van der Waals surface area contributed by atoms with E-state index in [-0.39, 0.29) is 16.5 Å². The van der Waals surface area contributed by atoms with Crippen LogP contribution in [-0.2, 0) is 0 Å². The number of pyridine rings is 1. The number of hydrogen-bond acceptors (Lipinski definition) is 3. The van der Waals surface area contributed by atoms with Crippen molar-refractivity contribution in [2.75, 3.05) is 0 Å². The van der Waals surface area contributed by atoms with Crippen LogP contribution < -0.4 is 0 Å². The third-order valence-corrected chi connectivity index (χ3v) is 4.16. The monoisotopic (exact) mass is 325 g/mol. The van der Waals surface area contributed by atoms with E-state index < -0.39 is 17.6 Å². The third kappa shape index (κ3) is 2.48. The summed E-state index contributed by atoms with van der Waals surface area (Å²) in [6.07, 6.45) is 0. The molecule has 3 aromatic rings. The fourth-order valence-electron chi connectivity index (χ4n) is 1.98. The van der Waals surface area contributed by atoms with Crippen LogP contribution in [0.15, 0.2) is 30.3 Å². The van der Waals surface area contributed by atoms with Crippen molar-refractivity contribution in [2.45, 2.75) is 0 Å². The van der Waals surface area contributed by atoms with E-state index in [4.69, 9.17) is 11.6 Å². The van der Waals surface area contributed by atoms with Gasteiger partial charge in [-0.2, -0.15) is 0 Å². The summed E-state index contributed by atoms with van der Waals surface area (Å²) in [7, 11) is 0. The highest BCUT2D eigenvalue weighted by Gasteiger charge is 2.16. The number of carbonyl (C=O) groups is 1. The van der Waals surface area contributed by atoms with Gasteiger partial charge in [0.2, 0.25) is 0 Å². The number of aromatic carboxylic acids is 1. The molecule has 0 aliphatic rings. The number of benzene rings is 1. The van der Waals surface area contributed by atoms with E-state index in [1.807, 2.05) is 0 Å². The zero-order chi connectivity index (χ0) is 15.1. The lowest BCUT2D eigenvalue weighted by Crippen LogP contribution is -2.01. The summed E-state index contributed by atoms with van der Waals surface area (Å²) in [5.41, 5.74) is 0.287. The maximum absolute atomic E-state index is 13.3. The Kier molecular flexibility index (Phi) is 3.35. The Balaban J connectivity index is 2.34. The normalized spacial score (nSPS) is 11.0. The molecule has 0 radical (unpaired) electrons. The predicted molar refractivity (Wildman–Crippen MR) is 76.9 cm³/mol. The topological polar surface area (TPSA) is 50.2 Å². The molecule has 0 bridgehead atoms. The van der Waals surface area contributed by atoms with Gasteiger partial charge in [-0.1, -0.05) is 11.6 Å².